The lowest BCUT2D eigenvalue weighted by Gasteiger charge is -2.34. The van der Waals surface area contributed by atoms with Crippen LogP contribution in [-0.2, 0) is 34.3 Å². The first-order valence-corrected chi connectivity index (χ1v) is 10.2. The van der Waals surface area contributed by atoms with Crippen molar-refractivity contribution in [1.82, 2.24) is 9.62 Å². The minimum atomic E-state index is -3.51. The van der Waals surface area contributed by atoms with Crippen molar-refractivity contribution in [2.45, 2.75) is 25.6 Å². The lowest BCUT2D eigenvalue weighted by molar-refractivity contribution is -0.125. The molecule has 1 unspecified atom stereocenters. The second kappa shape index (κ2) is 7.47. The van der Waals surface area contributed by atoms with Gasteiger partial charge in [-0.3, -0.25) is 4.79 Å². The molecule has 0 fully saturated rings. The summed E-state index contributed by atoms with van der Waals surface area (Å²) in [5.41, 5.74) is 2.78. The largest absolute Gasteiger partial charge is 0.496 e. The van der Waals surface area contributed by atoms with Crippen LogP contribution in [0.3, 0.4) is 0 Å². The number of methoxy groups -OCH3 is 1. The molecule has 6 nitrogen and oxygen atoms in total. The molecule has 1 atom stereocenters. The Kier molecular flexibility index (Phi) is 5.29. The van der Waals surface area contributed by atoms with Crippen molar-refractivity contribution in [3.8, 4) is 5.75 Å². The molecule has 0 spiro atoms. The predicted octanol–water partition coefficient (Wildman–Crippen LogP) is 1.70. The van der Waals surface area contributed by atoms with Gasteiger partial charge in [0, 0.05) is 18.7 Å². The summed E-state index contributed by atoms with van der Waals surface area (Å²) in [6.07, 6.45) is 1.50. The fourth-order valence-corrected chi connectivity index (χ4v) is 4.23. The van der Waals surface area contributed by atoms with E-state index in [0.29, 0.717) is 12.2 Å². The van der Waals surface area contributed by atoms with Crippen LogP contribution in [-0.4, -0.2) is 38.0 Å². The number of ether oxygens (including phenoxy) is 1. The fraction of sp³-hybridized carbons (Fsp3) is 0.316. The van der Waals surface area contributed by atoms with E-state index >= 15 is 0 Å². The van der Waals surface area contributed by atoms with E-state index in [1.165, 1.54) is 4.31 Å². The van der Waals surface area contributed by atoms with Crippen molar-refractivity contribution >= 4 is 15.9 Å². The Morgan fingerprint density at radius 1 is 1.15 bits per heavy atom. The van der Waals surface area contributed by atoms with Gasteiger partial charge in [-0.15, -0.1) is 0 Å². The average molecular weight is 374 g/mol. The number of nitrogens with one attached hydrogen (secondary N) is 1. The number of sulfonamides is 1. The number of para-hydroxylation sites is 1. The summed E-state index contributed by atoms with van der Waals surface area (Å²) in [6.45, 7) is 0.486. The van der Waals surface area contributed by atoms with Gasteiger partial charge in [-0.1, -0.05) is 42.5 Å². The number of benzene rings is 2. The zero-order valence-electron chi connectivity index (χ0n) is 14.8. The Bertz CT molecular complexity index is 911. The Morgan fingerprint density at radius 2 is 1.81 bits per heavy atom. The Morgan fingerprint density at radius 3 is 2.50 bits per heavy atom. The second-order valence-electron chi connectivity index (χ2n) is 6.33. The highest BCUT2D eigenvalue weighted by Gasteiger charge is 2.36. The summed E-state index contributed by atoms with van der Waals surface area (Å²) in [4.78, 5) is 12.8. The Hall–Kier alpha value is -2.38. The highest BCUT2D eigenvalue weighted by Crippen LogP contribution is 2.26. The Labute approximate surface area is 153 Å². The van der Waals surface area contributed by atoms with Gasteiger partial charge >= 0.3 is 0 Å². The van der Waals surface area contributed by atoms with Crippen LogP contribution >= 0.6 is 0 Å². The van der Waals surface area contributed by atoms with E-state index in [-0.39, 0.29) is 19.0 Å². The molecule has 26 heavy (non-hydrogen) atoms. The molecule has 1 aliphatic rings. The zero-order valence-corrected chi connectivity index (χ0v) is 15.6. The van der Waals surface area contributed by atoms with Gasteiger partial charge in [0.05, 0.1) is 13.4 Å². The molecule has 3 rings (SSSR count). The van der Waals surface area contributed by atoms with Gasteiger partial charge < -0.3 is 10.1 Å². The van der Waals surface area contributed by atoms with Crippen LogP contribution in [0.2, 0.25) is 0 Å². The van der Waals surface area contributed by atoms with Crippen LogP contribution in [0.15, 0.2) is 48.5 Å². The van der Waals surface area contributed by atoms with Gasteiger partial charge in [0.25, 0.3) is 0 Å². The molecule has 0 radical (unpaired) electrons. The second-order valence-corrected chi connectivity index (χ2v) is 8.26. The van der Waals surface area contributed by atoms with Gasteiger partial charge in [-0.25, -0.2) is 8.42 Å². The molecule has 1 heterocycles. The summed E-state index contributed by atoms with van der Waals surface area (Å²) in [7, 11) is -1.94. The van der Waals surface area contributed by atoms with Gasteiger partial charge in [0.1, 0.15) is 11.8 Å². The average Bonchev–Trinajstić information content (AvgIpc) is 2.64. The summed E-state index contributed by atoms with van der Waals surface area (Å²) in [6, 6.07) is 14.3. The van der Waals surface area contributed by atoms with E-state index in [9.17, 15) is 13.2 Å². The van der Waals surface area contributed by atoms with Crippen molar-refractivity contribution < 1.29 is 17.9 Å². The normalized spacial score (nSPS) is 17.4. The first kappa shape index (κ1) is 18.4. The van der Waals surface area contributed by atoms with Crippen LogP contribution in [0.25, 0.3) is 0 Å². The highest BCUT2D eigenvalue weighted by atomic mass is 32.2. The quantitative estimate of drug-likeness (QED) is 0.864. The number of rotatable bonds is 5. The fourth-order valence-electron chi connectivity index (χ4n) is 3.22. The smallest absolute Gasteiger partial charge is 0.239 e. The monoisotopic (exact) mass is 374 g/mol. The molecule has 0 saturated heterocycles. The third-order valence-corrected chi connectivity index (χ3v) is 5.82. The van der Waals surface area contributed by atoms with E-state index < -0.39 is 16.1 Å². The first-order chi connectivity index (χ1) is 12.4. The highest BCUT2D eigenvalue weighted by molar-refractivity contribution is 7.88. The molecule has 2 aromatic rings. The molecular formula is C19H22N2O4S. The first-order valence-electron chi connectivity index (χ1n) is 8.33. The lowest BCUT2D eigenvalue weighted by atomic mass is 9.95. The van der Waals surface area contributed by atoms with E-state index in [1.807, 2.05) is 48.5 Å². The standard InChI is InChI=1S/C19H22N2O4S/c1-25-18-10-6-5-8-15(18)12-20-19(22)17-11-14-7-3-4-9-16(14)13-21(17)26(2,23)24/h3-10,17H,11-13H2,1-2H3,(H,20,22). The van der Waals surface area contributed by atoms with Gasteiger partial charge in [-0.2, -0.15) is 4.31 Å². The number of nitrogens with zero attached hydrogens (tertiary/aromatic N) is 1. The number of hydrogen-bond donors (Lipinski definition) is 1. The van der Waals surface area contributed by atoms with E-state index in [0.717, 1.165) is 22.9 Å². The number of hydrogen-bond acceptors (Lipinski definition) is 4. The summed E-state index contributed by atoms with van der Waals surface area (Å²) < 4.78 is 31.0. The predicted molar refractivity (Wildman–Crippen MR) is 99.2 cm³/mol. The van der Waals surface area contributed by atoms with Crippen molar-refractivity contribution in [3.63, 3.8) is 0 Å². The molecule has 0 bridgehead atoms. The molecule has 1 amide bonds. The summed E-state index contributed by atoms with van der Waals surface area (Å²) in [5.74, 6) is 0.373. The molecule has 2 aromatic carbocycles. The topological polar surface area (TPSA) is 75.7 Å². The van der Waals surface area contributed by atoms with Crippen LogP contribution in [0, 0.1) is 0 Å². The molecule has 138 valence electrons. The molecular weight excluding hydrogens is 352 g/mol. The number of carbonyl (C=O) groups excluding carboxylic acids is 1. The van der Waals surface area contributed by atoms with Gasteiger partial charge in [-0.05, 0) is 23.6 Å². The number of carbonyl (C=O) groups is 1. The number of fused-ring (bicyclic) bond motifs is 1. The van der Waals surface area contributed by atoms with E-state index in [1.54, 1.807) is 7.11 Å². The lowest BCUT2D eigenvalue weighted by Crippen LogP contribution is -2.52. The van der Waals surface area contributed by atoms with Crippen LogP contribution in [0.5, 0.6) is 5.75 Å². The third-order valence-electron chi connectivity index (χ3n) is 4.58. The maximum Gasteiger partial charge on any atom is 0.239 e. The maximum absolute atomic E-state index is 12.8. The van der Waals surface area contributed by atoms with Gasteiger partial charge in [0.2, 0.25) is 15.9 Å². The molecule has 0 aromatic heterocycles. The number of amides is 1. The van der Waals surface area contributed by atoms with E-state index in [2.05, 4.69) is 5.32 Å². The van der Waals surface area contributed by atoms with Crippen molar-refractivity contribution in [1.29, 1.82) is 0 Å². The third kappa shape index (κ3) is 3.89. The minimum Gasteiger partial charge on any atom is -0.496 e. The van der Waals surface area contributed by atoms with Gasteiger partial charge in [0.15, 0.2) is 0 Å². The van der Waals surface area contributed by atoms with E-state index in [4.69, 9.17) is 4.74 Å². The Balaban J connectivity index is 1.80. The molecule has 1 aliphatic heterocycles. The molecule has 0 saturated carbocycles. The van der Waals surface area contributed by atoms with Crippen molar-refractivity contribution in [2.24, 2.45) is 0 Å². The molecule has 1 N–H and O–H groups in total. The minimum absolute atomic E-state index is 0.210. The summed E-state index contributed by atoms with van der Waals surface area (Å²) >= 11 is 0. The maximum atomic E-state index is 12.8. The van der Waals surface area contributed by atoms with Crippen LogP contribution < -0.4 is 10.1 Å². The van der Waals surface area contributed by atoms with Crippen molar-refractivity contribution in [3.05, 3.63) is 65.2 Å². The molecule has 7 heteroatoms. The SMILES string of the molecule is COc1ccccc1CNC(=O)C1Cc2ccccc2CN1S(C)(=O)=O. The summed E-state index contributed by atoms with van der Waals surface area (Å²) in [5, 5.41) is 2.85. The zero-order chi connectivity index (χ0) is 18.7. The van der Waals surface area contributed by atoms with Crippen molar-refractivity contribution in [2.75, 3.05) is 13.4 Å². The molecule has 0 aliphatic carbocycles. The van der Waals surface area contributed by atoms with Crippen LogP contribution in [0.1, 0.15) is 16.7 Å². The van der Waals surface area contributed by atoms with Crippen LogP contribution in [0.4, 0.5) is 0 Å².